The molecule has 0 saturated carbocycles. The Bertz CT molecular complexity index is 1040. The van der Waals surface area contributed by atoms with Crippen molar-refractivity contribution in [2.45, 2.75) is 39.4 Å². The maximum Gasteiger partial charge on any atom is 0.348 e. The van der Waals surface area contributed by atoms with Gasteiger partial charge in [0.05, 0.1) is 6.61 Å². The number of aliphatic carboxylic acids is 1. The van der Waals surface area contributed by atoms with Crippen LogP contribution in [0.25, 0.3) is 0 Å². The quantitative estimate of drug-likeness (QED) is 0.497. The highest BCUT2D eigenvalue weighted by atomic mass is 19.1. The Morgan fingerprint density at radius 3 is 1.79 bits per heavy atom. The van der Waals surface area contributed by atoms with Crippen molar-refractivity contribution < 1.29 is 28.2 Å². The number of rotatable bonds is 9. The van der Waals surface area contributed by atoms with E-state index in [4.69, 9.17) is 9.47 Å². The van der Waals surface area contributed by atoms with Gasteiger partial charge >= 0.3 is 12.0 Å². The summed E-state index contributed by atoms with van der Waals surface area (Å²) in [7, 11) is 0. The lowest BCUT2D eigenvalue weighted by Crippen LogP contribution is -2.52. The number of ether oxygens (including phenoxy) is 2. The summed E-state index contributed by atoms with van der Waals surface area (Å²) in [5.41, 5.74) is 0.0945. The zero-order chi connectivity index (χ0) is 24.2. The lowest BCUT2D eigenvalue weighted by atomic mass is 9.80. The average molecular weight is 456 g/mol. The van der Waals surface area contributed by atoms with Crippen LogP contribution >= 0.6 is 0 Å². The van der Waals surface area contributed by atoms with Crippen LogP contribution in [0.3, 0.4) is 0 Å². The van der Waals surface area contributed by atoms with Gasteiger partial charge in [-0.25, -0.2) is 23.5 Å². The summed E-state index contributed by atoms with van der Waals surface area (Å²) in [4.78, 5) is 21.1. The fourth-order valence-corrected chi connectivity index (χ4v) is 3.56. The second-order valence-corrected chi connectivity index (χ2v) is 8.22. The molecule has 0 saturated heterocycles. The van der Waals surface area contributed by atoms with Crippen LogP contribution < -0.4 is 4.74 Å². The van der Waals surface area contributed by atoms with Crippen molar-refractivity contribution in [3.63, 3.8) is 0 Å². The maximum atomic E-state index is 13.8. The molecule has 1 N–H and O–H groups in total. The predicted molar refractivity (Wildman–Crippen MR) is 118 cm³/mol. The predicted octanol–water partition coefficient (Wildman–Crippen LogP) is 4.82. The van der Waals surface area contributed by atoms with E-state index < -0.39 is 29.3 Å². The third-order valence-corrected chi connectivity index (χ3v) is 4.97. The van der Waals surface area contributed by atoms with Gasteiger partial charge in [-0.05, 0) is 61.2 Å². The summed E-state index contributed by atoms with van der Waals surface area (Å²) in [5, 5.41) is 10.3. The second-order valence-electron chi connectivity index (χ2n) is 8.22. The van der Waals surface area contributed by atoms with Gasteiger partial charge in [0, 0.05) is 11.4 Å². The molecular weight excluding hydrogens is 430 g/mol. The zero-order valence-electron chi connectivity index (χ0n) is 18.9. The van der Waals surface area contributed by atoms with Gasteiger partial charge in [-0.15, -0.1) is 0 Å². The summed E-state index contributed by atoms with van der Waals surface area (Å²) in [6.45, 7) is 7.43. The smallest absolute Gasteiger partial charge is 0.348 e. The number of benzene rings is 2. The normalized spacial score (nSPS) is 12.6. The van der Waals surface area contributed by atoms with E-state index in [1.54, 1.807) is 19.9 Å². The molecule has 0 aliphatic rings. The third kappa shape index (κ3) is 5.51. The third-order valence-electron chi connectivity index (χ3n) is 4.97. The van der Waals surface area contributed by atoms with E-state index in [-0.39, 0.29) is 18.5 Å². The van der Waals surface area contributed by atoms with E-state index in [0.717, 1.165) is 0 Å². The molecule has 2 aromatic carbocycles. The number of nitrogens with zero attached hydrogens (tertiary/aromatic N) is 2. The zero-order valence-corrected chi connectivity index (χ0v) is 18.9. The molecule has 6 nitrogen and oxygen atoms in total. The molecule has 0 aliphatic carbocycles. The minimum absolute atomic E-state index is 0.0252. The van der Waals surface area contributed by atoms with E-state index in [2.05, 4.69) is 9.97 Å². The van der Waals surface area contributed by atoms with Gasteiger partial charge in [0.15, 0.2) is 5.60 Å². The van der Waals surface area contributed by atoms with Gasteiger partial charge in [-0.2, -0.15) is 0 Å². The molecule has 1 aromatic heterocycles. The fourth-order valence-electron chi connectivity index (χ4n) is 3.56. The van der Waals surface area contributed by atoms with Crippen LogP contribution in [0.15, 0.2) is 54.6 Å². The Morgan fingerprint density at radius 2 is 1.39 bits per heavy atom. The molecule has 1 atom stereocenters. The molecule has 8 heteroatoms. The summed E-state index contributed by atoms with van der Waals surface area (Å²) in [5.74, 6) is -2.32. The van der Waals surface area contributed by atoms with Crippen LogP contribution in [0.2, 0.25) is 0 Å². The molecule has 1 heterocycles. The highest BCUT2D eigenvalue weighted by Gasteiger charge is 2.50. The van der Waals surface area contributed by atoms with Crippen LogP contribution in [0.4, 0.5) is 8.78 Å². The van der Waals surface area contributed by atoms with Crippen molar-refractivity contribution in [2.75, 3.05) is 6.61 Å². The molecular formula is C25H26F2N2O4. The largest absolute Gasteiger partial charge is 0.478 e. The van der Waals surface area contributed by atoms with Crippen molar-refractivity contribution in [3.05, 3.63) is 88.7 Å². The van der Waals surface area contributed by atoms with Crippen molar-refractivity contribution in [1.82, 2.24) is 9.97 Å². The molecule has 33 heavy (non-hydrogen) atoms. The van der Waals surface area contributed by atoms with Gasteiger partial charge in [-0.3, -0.25) is 0 Å². The Hall–Kier alpha value is -3.39. The Balaban J connectivity index is 2.27. The van der Waals surface area contributed by atoms with E-state index >= 15 is 0 Å². The van der Waals surface area contributed by atoms with Crippen molar-refractivity contribution in [1.29, 1.82) is 0 Å². The molecule has 3 rings (SSSR count). The van der Waals surface area contributed by atoms with Gasteiger partial charge in [0.1, 0.15) is 11.6 Å². The standard InChI is InChI=1S/C25H26F2N2O4/c1-15(2)14-32-25(18-5-9-20(26)10-6-18,19-7-11-21(27)12-8-19)22(23(30)31)33-24-28-16(3)13-17(4)29-24/h5-13,15,22H,14H2,1-4H3,(H,30,31). The topological polar surface area (TPSA) is 81.5 Å². The van der Waals surface area contributed by atoms with Crippen LogP contribution in [-0.2, 0) is 15.1 Å². The average Bonchev–Trinajstić information content (AvgIpc) is 2.74. The van der Waals surface area contributed by atoms with Gasteiger partial charge in [-0.1, -0.05) is 38.1 Å². The molecule has 0 spiro atoms. The first kappa shape index (κ1) is 24.3. The van der Waals surface area contributed by atoms with E-state index in [9.17, 15) is 18.7 Å². The summed E-state index contributed by atoms with van der Waals surface area (Å²) < 4.78 is 39.7. The van der Waals surface area contributed by atoms with Crippen LogP contribution in [0, 0.1) is 31.4 Å². The maximum absolute atomic E-state index is 13.8. The monoisotopic (exact) mass is 456 g/mol. The number of aryl methyl sites for hydroxylation is 2. The lowest BCUT2D eigenvalue weighted by molar-refractivity contribution is -0.165. The molecule has 0 fully saturated rings. The summed E-state index contributed by atoms with van der Waals surface area (Å²) in [6, 6.07) is 12.1. The molecule has 3 aromatic rings. The van der Waals surface area contributed by atoms with E-state index in [1.165, 1.54) is 48.5 Å². The number of hydrogen-bond acceptors (Lipinski definition) is 5. The second kappa shape index (κ2) is 10.0. The lowest BCUT2D eigenvalue weighted by Gasteiger charge is -2.39. The number of carboxylic acids is 1. The summed E-state index contributed by atoms with van der Waals surface area (Å²) in [6.07, 6.45) is -1.67. The molecule has 0 aliphatic heterocycles. The van der Waals surface area contributed by atoms with Crippen LogP contribution in [0.1, 0.15) is 36.4 Å². The van der Waals surface area contributed by atoms with Gasteiger partial charge < -0.3 is 14.6 Å². The minimum atomic E-state index is -1.75. The number of aromatic nitrogens is 2. The SMILES string of the molecule is Cc1cc(C)nc(OC(C(=O)O)C(OCC(C)C)(c2ccc(F)cc2)c2ccc(F)cc2)n1. The van der Waals surface area contributed by atoms with E-state index in [1.807, 2.05) is 13.8 Å². The molecule has 0 amide bonds. The van der Waals surface area contributed by atoms with Crippen LogP contribution in [0.5, 0.6) is 6.01 Å². The number of halogens is 2. The molecule has 0 bridgehead atoms. The number of carboxylic acid groups (broad SMARTS) is 1. The molecule has 174 valence electrons. The van der Waals surface area contributed by atoms with Crippen molar-refractivity contribution in [2.24, 2.45) is 5.92 Å². The first-order valence-corrected chi connectivity index (χ1v) is 10.5. The van der Waals surface area contributed by atoms with Crippen molar-refractivity contribution in [3.8, 4) is 6.01 Å². The fraction of sp³-hybridized carbons (Fsp3) is 0.320. The molecule has 0 radical (unpaired) electrons. The van der Waals surface area contributed by atoms with Crippen molar-refractivity contribution >= 4 is 5.97 Å². The first-order valence-electron chi connectivity index (χ1n) is 10.5. The Morgan fingerprint density at radius 1 is 0.939 bits per heavy atom. The highest BCUT2D eigenvalue weighted by molar-refractivity contribution is 5.76. The van der Waals surface area contributed by atoms with Crippen LogP contribution in [-0.4, -0.2) is 33.8 Å². The highest BCUT2D eigenvalue weighted by Crippen LogP contribution is 2.40. The Labute approximate surface area is 191 Å². The number of hydrogen-bond donors (Lipinski definition) is 1. The van der Waals surface area contributed by atoms with Gasteiger partial charge in [0.2, 0.25) is 6.10 Å². The van der Waals surface area contributed by atoms with Gasteiger partial charge in [0.25, 0.3) is 0 Å². The minimum Gasteiger partial charge on any atom is -0.478 e. The van der Waals surface area contributed by atoms with E-state index in [0.29, 0.717) is 22.5 Å². The first-order chi connectivity index (χ1) is 15.6. The molecule has 1 unspecified atom stereocenters. The number of carbonyl (C=O) groups is 1. The summed E-state index contributed by atoms with van der Waals surface area (Å²) >= 11 is 0. The Kier molecular flexibility index (Phi) is 7.38.